The predicted molar refractivity (Wildman–Crippen MR) is 114 cm³/mol. The van der Waals surface area contributed by atoms with Crippen LogP contribution < -0.4 is 27.4 Å². The summed E-state index contributed by atoms with van der Waals surface area (Å²) in [6.45, 7) is 2.51. The van der Waals surface area contributed by atoms with Gasteiger partial charge in [0.25, 0.3) is 0 Å². The molecule has 182 valence electrons. The Morgan fingerprint density at radius 1 is 0.939 bits per heavy atom. The molecule has 5 unspecified atom stereocenters. The van der Waals surface area contributed by atoms with Crippen molar-refractivity contribution in [3.63, 3.8) is 0 Å². The average Bonchev–Trinajstić information content (AvgIpc) is 2.71. The molecule has 0 bridgehead atoms. The lowest BCUT2D eigenvalue weighted by atomic mass is 10.1. The number of nitrogens with two attached hydrogens (primary N) is 2. The number of carbonyl (C=O) groups is 5. The molecule has 0 heterocycles. The number of carboxylic acid groups (broad SMARTS) is 1. The molecule has 4 amide bonds. The lowest BCUT2D eigenvalue weighted by molar-refractivity contribution is -0.144. The summed E-state index contributed by atoms with van der Waals surface area (Å²) in [7, 11) is 0. The number of carbonyl (C=O) groups excluding carboxylic acids is 4. The Morgan fingerprint density at radius 3 is 2.00 bits per heavy atom. The number of rotatable bonds is 12. The van der Waals surface area contributed by atoms with E-state index in [1.54, 1.807) is 12.1 Å². The van der Waals surface area contributed by atoms with Crippen LogP contribution in [-0.4, -0.2) is 75.2 Å². The van der Waals surface area contributed by atoms with Gasteiger partial charge in [0.05, 0.1) is 18.6 Å². The summed E-state index contributed by atoms with van der Waals surface area (Å²) in [6.07, 6.45) is -1.99. The monoisotopic (exact) mass is 467 g/mol. The van der Waals surface area contributed by atoms with Crippen molar-refractivity contribution in [1.29, 1.82) is 0 Å². The Balaban J connectivity index is 2.72. The molecule has 0 saturated heterocycles. The molecule has 5 atom stereocenters. The maximum Gasteiger partial charge on any atom is 0.326 e. The Bertz CT molecular complexity index is 874. The first-order valence-electron chi connectivity index (χ1n) is 9.95. The minimum absolute atomic E-state index is 0.0584. The molecule has 13 nitrogen and oxygen atoms in total. The largest absolute Gasteiger partial charge is 0.508 e. The van der Waals surface area contributed by atoms with Crippen molar-refractivity contribution in [3.05, 3.63) is 29.8 Å². The van der Waals surface area contributed by atoms with E-state index in [1.165, 1.54) is 26.0 Å². The van der Waals surface area contributed by atoms with Gasteiger partial charge in [-0.15, -0.1) is 0 Å². The van der Waals surface area contributed by atoms with Gasteiger partial charge in [-0.2, -0.15) is 0 Å². The fraction of sp³-hybridized carbons (Fsp3) is 0.450. The van der Waals surface area contributed by atoms with Crippen LogP contribution in [-0.2, 0) is 30.4 Å². The van der Waals surface area contributed by atoms with E-state index in [-0.39, 0.29) is 12.2 Å². The molecular weight excluding hydrogens is 438 g/mol. The molecule has 0 aliphatic carbocycles. The molecule has 0 aromatic heterocycles. The van der Waals surface area contributed by atoms with Gasteiger partial charge >= 0.3 is 5.97 Å². The average molecular weight is 467 g/mol. The third-order valence-electron chi connectivity index (χ3n) is 4.56. The predicted octanol–water partition coefficient (Wildman–Crippen LogP) is -2.92. The third-order valence-corrected chi connectivity index (χ3v) is 4.56. The molecule has 1 aromatic rings. The first-order chi connectivity index (χ1) is 15.3. The van der Waals surface area contributed by atoms with Crippen molar-refractivity contribution < 1.29 is 39.3 Å². The van der Waals surface area contributed by atoms with Crippen molar-refractivity contribution in [3.8, 4) is 5.75 Å². The Kier molecular flexibility index (Phi) is 10.2. The Hall–Kier alpha value is -3.71. The number of amides is 4. The summed E-state index contributed by atoms with van der Waals surface area (Å²) in [4.78, 5) is 59.3. The van der Waals surface area contributed by atoms with Gasteiger partial charge in [-0.25, -0.2) is 4.79 Å². The molecule has 0 aliphatic rings. The number of phenolic OH excluding ortho intramolecular Hbond substituents is 1. The number of primary amides is 1. The van der Waals surface area contributed by atoms with Gasteiger partial charge in [-0.1, -0.05) is 12.1 Å². The number of aromatic hydroxyl groups is 1. The molecule has 13 heteroatoms. The number of nitrogens with one attached hydrogen (secondary N) is 3. The zero-order valence-electron chi connectivity index (χ0n) is 18.1. The fourth-order valence-electron chi connectivity index (χ4n) is 2.71. The quantitative estimate of drug-likeness (QED) is 0.157. The number of carboxylic acids is 1. The second kappa shape index (κ2) is 12.4. The number of aliphatic hydroxyl groups excluding tert-OH is 1. The van der Waals surface area contributed by atoms with E-state index in [0.717, 1.165) is 0 Å². The lowest BCUT2D eigenvalue weighted by Gasteiger charge is -2.25. The summed E-state index contributed by atoms with van der Waals surface area (Å²) in [6, 6.07) is 0.676. The summed E-state index contributed by atoms with van der Waals surface area (Å²) in [5, 5.41) is 34.9. The van der Waals surface area contributed by atoms with E-state index in [0.29, 0.717) is 5.56 Å². The van der Waals surface area contributed by atoms with Crippen LogP contribution in [0.5, 0.6) is 5.75 Å². The van der Waals surface area contributed by atoms with Gasteiger partial charge in [0, 0.05) is 0 Å². The first kappa shape index (κ1) is 27.3. The molecule has 1 aromatic carbocycles. The van der Waals surface area contributed by atoms with E-state index in [9.17, 15) is 34.2 Å². The van der Waals surface area contributed by atoms with E-state index < -0.39 is 66.3 Å². The van der Waals surface area contributed by atoms with Crippen molar-refractivity contribution in [1.82, 2.24) is 16.0 Å². The van der Waals surface area contributed by atoms with Gasteiger partial charge in [-0.05, 0) is 38.0 Å². The summed E-state index contributed by atoms with van der Waals surface area (Å²) in [5.74, 6) is -5.00. The van der Waals surface area contributed by atoms with E-state index >= 15 is 0 Å². The molecular formula is C20H29N5O8. The summed E-state index contributed by atoms with van der Waals surface area (Å²) >= 11 is 0. The minimum atomic E-state index is -1.65. The van der Waals surface area contributed by atoms with E-state index in [4.69, 9.17) is 16.6 Å². The van der Waals surface area contributed by atoms with Crippen LogP contribution in [0.1, 0.15) is 25.8 Å². The van der Waals surface area contributed by atoms with Crippen LogP contribution in [0, 0.1) is 0 Å². The van der Waals surface area contributed by atoms with Crippen molar-refractivity contribution in [2.45, 2.75) is 57.0 Å². The third kappa shape index (κ3) is 9.13. The number of phenols is 1. The topological polar surface area (TPSA) is 234 Å². The normalized spacial score (nSPS) is 15.3. The molecule has 1 rings (SSSR count). The first-order valence-corrected chi connectivity index (χ1v) is 9.95. The van der Waals surface area contributed by atoms with Crippen LogP contribution in [0.2, 0.25) is 0 Å². The van der Waals surface area contributed by atoms with Crippen LogP contribution in [0.3, 0.4) is 0 Å². The number of hydrogen-bond acceptors (Lipinski definition) is 8. The second-order valence-corrected chi connectivity index (χ2v) is 7.50. The van der Waals surface area contributed by atoms with Crippen LogP contribution >= 0.6 is 0 Å². The van der Waals surface area contributed by atoms with Crippen molar-refractivity contribution in [2.75, 3.05) is 0 Å². The van der Waals surface area contributed by atoms with Crippen molar-refractivity contribution in [2.24, 2.45) is 11.5 Å². The maximum absolute atomic E-state index is 12.4. The molecule has 10 N–H and O–H groups in total. The molecule has 0 saturated carbocycles. The number of benzene rings is 1. The fourth-order valence-corrected chi connectivity index (χ4v) is 2.71. The Labute approximate surface area is 189 Å². The molecule has 0 radical (unpaired) electrons. The van der Waals surface area contributed by atoms with Crippen LogP contribution in [0.25, 0.3) is 0 Å². The molecule has 33 heavy (non-hydrogen) atoms. The van der Waals surface area contributed by atoms with E-state index in [1.807, 2.05) is 5.32 Å². The number of aliphatic carboxylic acids is 1. The Morgan fingerprint density at radius 2 is 1.52 bits per heavy atom. The highest BCUT2D eigenvalue weighted by molar-refractivity contribution is 5.95. The van der Waals surface area contributed by atoms with Gasteiger partial charge in [0.15, 0.2) is 0 Å². The maximum atomic E-state index is 12.4. The standard InChI is InChI=1S/C20H29N5O8/c1-9(23-18(30)13(21)7-11-3-5-12(27)6-4-11)17(29)25-16(10(2)26)19(31)24-14(20(32)33)8-15(22)28/h3-6,9-10,13-14,16,26-27H,7-8,21H2,1-2H3,(H2,22,28)(H,23,30)(H,24,31)(H,25,29)(H,32,33). The van der Waals surface area contributed by atoms with Gasteiger partial charge in [0.1, 0.15) is 23.9 Å². The lowest BCUT2D eigenvalue weighted by Crippen LogP contribution is -2.59. The van der Waals surface area contributed by atoms with Gasteiger partial charge in [-0.3, -0.25) is 19.2 Å². The highest BCUT2D eigenvalue weighted by Gasteiger charge is 2.32. The van der Waals surface area contributed by atoms with E-state index in [2.05, 4.69) is 10.6 Å². The molecule has 0 aliphatic heterocycles. The van der Waals surface area contributed by atoms with Crippen LogP contribution in [0.15, 0.2) is 24.3 Å². The number of aliphatic hydroxyl groups is 1. The zero-order chi connectivity index (χ0) is 25.3. The summed E-state index contributed by atoms with van der Waals surface area (Å²) < 4.78 is 0. The summed E-state index contributed by atoms with van der Waals surface area (Å²) in [5.41, 5.74) is 11.5. The SMILES string of the molecule is CC(NC(=O)C(N)Cc1ccc(O)cc1)C(=O)NC(C(=O)NC(CC(N)=O)C(=O)O)C(C)O. The highest BCUT2D eigenvalue weighted by atomic mass is 16.4. The van der Waals surface area contributed by atoms with Gasteiger partial charge < -0.3 is 42.7 Å². The second-order valence-electron chi connectivity index (χ2n) is 7.50. The smallest absolute Gasteiger partial charge is 0.326 e. The molecule has 0 fully saturated rings. The zero-order valence-corrected chi connectivity index (χ0v) is 18.1. The number of hydrogen-bond donors (Lipinski definition) is 8. The van der Waals surface area contributed by atoms with Crippen molar-refractivity contribution >= 4 is 29.6 Å². The van der Waals surface area contributed by atoms with Crippen LogP contribution in [0.4, 0.5) is 0 Å². The highest BCUT2D eigenvalue weighted by Crippen LogP contribution is 2.11. The molecule has 0 spiro atoms. The van der Waals surface area contributed by atoms with Gasteiger partial charge in [0.2, 0.25) is 23.6 Å². The minimum Gasteiger partial charge on any atom is -0.508 e.